The van der Waals surface area contributed by atoms with Gasteiger partial charge in [-0.25, -0.2) is 0 Å². The first-order valence-corrected chi connectivity index (χ1v) is 2.92. The van der Waals surface area contributed by atoms with Crippen molar-refractivity contribution in [1.29, 1.82) is 5.26 Å². The van der Waals surface area contributed by atoms with E-state index >= 15 is 0 Å². The van der Waals surface area contributed by atoms with E-state index in [9.17, 15) is 0 Å². The quantitative estimate of drug-likeness (QED) is 0.500. The molecule has 0 bridgehead atoms. The van der Waals surface area contributed by atoms with Gasteiger partial charge in [-0.05, 0) is 6.92 Å². The molecule has 52 valence electrons. The van der Waals surface area contributed by atoms with E-state index in [4.69, 9.17) is 5.26 Å². The Balaban J connectivity index is 4.08. The van der Waals surface area contributed by atoms with Crippen LogP contribution in [0.2, 0.25) is 0 Å². The highest BCUT2D eigenvalue weighted by Crippen LogP contribution is 1.92. The van der Waals surface area contributed by atoms with Gasteiger partial charge < -0.3 is 4.90 Å². The van der Waals surface area contributed by atoms with Gasteiger partial charge in [0.15, 0.2) is 6.07 Å². The van der Waals surface area contributed by atoms with Gasteiger partial charge >= 0.3 is 0 Å². The average molecular weight is 134 g/mol. The second-order valence-corrected chi connectivity index (χ2v) is 2.06. The second kappa shape index (κ2) is 4.47. The third kappa shape index (κ3) is 3.57. The third-order valence-electron chi connectivity index (χ3n) is 1.11. The minimum atomic E-state index is 1.04. The molecule has 0 atom stereocenters. The topological polar surface area (TPSA) is 27.0 Å². The molecule has 0 unspecified atom stereocenters. The number of nitrogens with zero attached hydrogens (tertiary/aromatic N) is 2. The van der Waals surface area contributed by atoms with Crippen LogP contribution < -0.4 is 0 Å². The molecular weight excluding hydrogens is 124 g/mol. The number of hydrogen-bond acceptors (Lipinski definition) is 2. The zero-order valence-electron chi connectivity index (χ0n) is 6.47. The maximum Gasteiger partial charge on any atom is 0.152 e. The predicted octanol–water partition coefficient (Wildman–Crippen LogP) is 0.979. The van der Waals surface area contributed by atoms with Crippen LogP contribution >= 0.6 is 0 Å². The number of allylic oxidation sites excluding steroid dienone is 2. The lowest BCUT2D eigenvalue weighted by Gasteiger charge is -2.09. The maximum absolute atomic E-state index is 8.05. The van der Waals surface area contributed by atoms with Gasteiger partial charge in [0.05, 0.1) is 0 Å². The van der Waals surface area contributed by atoms with Crippen molar-refractivity contribution in [3.05, 3.63) is 11.8 Å². The van der Waals surface area contributed by atoms with Crippen LogP contribution in [0, 0.1) is 23.2 Å². The molecule has 0 saturated heterocycles. The molecule has 2 nitrogen and oxygen atoms in total. The van der Waals surface area contributed by atoms with Crippen LogP contribution in [-0.4, -0.2) is 19.0 Å². The van der Waals surface area contributed by atoms with E-state index in [0.717, 1.165) is 5.70 Å². The van der Waals surface area contributed by atoms with E-state index in [-0.39, 0.29) is 0 Å². The van der Waals surface area contributed by atoms with Crippen molar-refractivity contribution in [2.24, 2.45) is 0 Å². The van der Waals surface area contributed by atoms with Crippen molar-refractivity contribution in [2.45, 2.75) is 6.92 Å². The van der Waals surface area contributed by atoms with Crippen molar-refractivity contribution >= 4 is 0 Å². The van der Waals surface area contributed by atoms with E-state index in [1.54, 1.807) is 12.1 Å². The molecule has 0 amide bonds. The third-order valence-corrected chi connectivity index (χ3v) is 1.11. The molecule has 0 aliphatic carbocycles. The van der Waals surface area contributed by atoms with Crippen molar-refractivity contribution in [3.8, 4) is 17.9 Å². The summed E-state index contributed by atoms with van der Waals surface area (Å²) in [7, 11) is 3.86. The minimum Gasteiger partial charge on any atom is -0.381 e. The summed E-state index contributed by atoms with van der Waals surface area (Å²) in [6, 6.07) is 1.74. The van der Waals surface area contributed by atoms with Crippen molar-refractivity contribution in [3.63, 3.8) is 0 Å². The first-order chi connectivity index (χ1) is 4.68. The Hall–Kier alpha value is -1.41. The van der Waals surface area contributed by atoms with Crippen LogP contribution in [0.15, 0.2) is 11.8 Å². The standard InChI is InChI=1S/C8H10N2/c1-8(10(2)3)6-4-5-7-9/h6H,1-3H3/b8-6+. The van der Waals surface area contributed by atoms with Gasteiger partial charge in [-0.15, -0.1) is 0 Å². The SMILES string of the molecule is C/C(=C\C#CC#N)N(C)C. The first-order valence-electron chi connectivity index (χ1n) is 2.92. The Morgan fingerprint density at radius 2 is 2.10 bits per heavy atom. The van der Waals surface area contributed by atoms with Crippen molar-refractivity contribution in [2.75, 3.05) is 14.1 Å². The predicted molar refractivity (Wildman–Crippen MR) is 40.8 cm³/mol. The van der Waals surface area contributed by atoms with Crippen LogP contribution in [0.4, 0.5) is 0 Å². The molecule has 0 aliphatic rings. The maximum atomic E-state index is 8.05. The molecule has 0 aromatic heterocycles. The number of nitriles is 1. The van der Waals surface area contributed by atoms with E-state index < -0.39 is 0 Å². The van der Waals surface area contributed by atoms with E-state index in [0.29, 0.717) is 0 Å². The Bertz CT molecular complexity index is 220. The van der Waals surface area contributed by atoms with E-state index in [1.165, 1.54) is 0 Å². The lowest BCUT2D eigenvalue weighted by Crippen LogP contribution is -2.07. The van der Waals surface area contributed by atoms with Crippen LogP contribution in [0.25, 0.3) is 0 Å². The molecule has 0 spiro atoms. The molecule has 0 fully saturated rings. The fourth-order valence-corrected chi connectivity index (χ4v) is 0.302. The van der Waals surface area contributed by atoms with E-state index in [2.05, 4.69) is 11.8 Å². The highest BCUT2D eigenvalue weighted by atomic mass is 15.1. The molecule has 0 aromatic carbocycles. The van der Waals surface area contributed by atoms with Crippen molar-refractivity contribution in [1.82, 2.24) is 4.90 Å². The summed E-state index contributed by atoms with van der Waals surface area (Å²) in [4.78, 5) is 1.94. The van der Waals surface area contributed by atoms with Crippen LogP contribution in [0.3, 0.4) is 0 Å². The molecule has 0 N–H and O–H groups in total. The molecule has 0 saturated carbocycles. The van der Waals surface area contributed by atoms with Gasteiger partial charge in [0.1, 0.15) is 0 Å². The zero-order valence-corrected chi connectivity index (χ0v) is 6.47. The number of rotatable bonds is 1. The van der Waals surface area contributed by atoms with Gasteiger partial charge in [-0.3, -0.25) is 0 Å². The molecule has 0 radical (unpaired) electrons. The van der Waals surface area contributed by atoms with Crippen LogP contribution in [0.5, 0.6) is 0 Å². The largest absolute Gasteiger partial charge is 0.381 e. The molecule has 2 heteroatoms. The fourth-order valence-electron chi connectivity index (χ4n) is 0.302. The normalized spacial score (nSPS) is 9.20. The Morgan fingerprint density at radius 1 is 1.50 bits per heavy atom. The molecule has 10 heavy (non-hydrogen) atoms. The lowest BCUT2D eigenvalue weighted by atomic mass is 10.4. The monoisotopic (exact) mass is 134 g/mol. The summed E-state index contributed by atoms with van der Waals surface area (Å²) in [6.07, 6.45) is 1.71. The molecule has 0 heterocycles. The summed E-state index contributed by atoms with van der Waals surface area (Å²) < 4.78 is 0. The summed E-state index contributed by atoms with van der Waals surface area (Å²) in [5.74, 6) is 4.89. The minimum absolute atomic E-state index is 1.04. The summed E-state index contributed by atoms with van der Waals surface area (Å²) in [5.41, 5.74) is 1.04. The van der Waals surface area contributed by atoms with Crippen LogP contribution in [-0.2, 0) is 0 Å². The van der Waals surface area contributed by atoms with Gasteiger partial charge in [0.25, 0.3) is 0 Å². The fraction of sp³-hybridized carbons (Fsp3) is 0.375. The van der Waals surface area contributed by atoms with Crippen molar-refractivity contribution < 1.29 is 0 Å². The highest BCUT2D eigenvalue weighted by molar-refractivity contribution is 5.26. The lowest BCUT2D eigenvalue weighted by molar-refractivity contribution is 0.514. The average Bonchev–Trinajstić information content (AvgIpc) is 1.88. The molecular formula is C8H10N2. The Kier molecular flexibility index (Phi) is 3.84. The van der Waals surface area contributed by atoms with Gasteiger partial charge in [0.2, 0.25) is 0 Å². The summed E-state index contributed by atoms with van der Waals surface area (Å²) in [6.45, 7) is 1.94. The Labute approximate surface area is 61.8 Å². The summed E-state index contributed by atoms with van der Waals surface area (Å²) in [5, 5.41) is 8.05. The molecule has 0 aliphatic heterocycles. The zero-order chi connectivity index (χ0) is 7.98. The molecule has 0 rings (SSSR count). The van der Waals surface area contributed by atoms with Gasteiger partial charge in [-0.2, -0.15) is 5.26 Å². The smallest absolute Gasteiger partial charge is 0.152 e. The van der Waals surface area contributed by atoms with E-state index in [1.807, 2.05) is 25.9 Å². The molecule has 0 aromatic rings. The van der Waals surface area contributed by atoms with Gasteiger partial charge in [0, 0.05) is 31.8 Å². The Morgan fingerprint density at radius 3 is 2.50 bits per heavy atom. The van der Waals surface area contributed by atoms with Crippen LogP contribution in [0.1, 0.15) is 6.92 Å². The summed E-state index contributed by atoms with van der Waals surface area (Å²) >= 11 is 0. The second-order valence-electron chi connectivity index (χ2n) is 2.06. The number of hydrogen-bond donors (Lipinski definition) is 0. The highest BCUT2D eigenvalue weighted by Gasteiger charge is 1.85. The first kappa shape index (κ1) is 8.59. The van der Waals surface area contributed by atoms with Gasteiger partial charge in [-0.1, -0.05) is 5.92 Å².